The molecule has 0 radical (unpaired) electrons. The van der Waals surface area contributed by atoms with E-state index in [1.165, 1.54) is 0 Å². The molecule has 2 rings (SSSR count). The van der Waals surface area contributed by atoms with Crippen molar-refractivity contribution in [3.63, 3.8) is 0 Å². The predicted molar refractivity (Wildman–Crippen MR) is 75.1 cm³/mol. The number of hydrogen-bond acceptors (Lipinski definition) is 4. The van der Waals surface area contributed by atoms with Gasteiger partial charge < -0.3 is 21.1 Å². The van der Waals surface area contributed by atoms with Crippen molar-refractivity contribution >= 4 is 17.5 Å². The number of nitrogens with two attached hydrogens (primary N) is 1. The van der Waals surface area contributed by atoms with Crippen LogP contribution in [0.15, 0.2) is 24.3 Å². The number of carbonyl (C=O) groups excluding carboxylic acids is 2. The smallest absolute Gasteiger partial charge is 0.258 e. The molecule has 1 fully saturated rings. The van der Waals surface area contributed by atoms with Crippen LogP contribution >= 0.6 is 0 Å². The molecule has 4 N–H and O–H groups in total. The first-order valence-corrected chi connectivity index (χ1v) is 6.68. The van der Waals surface area contributed by atoms with Crippen LogP contribution in [-0.4, -0.2) is 31.5 Å². The van der Waals surface area contributed by atoms with E-state index in [0.717, 1.165) is 12.8 Å². The summed E-state index contributed by atoms with van der Waals surface area (Å²) < 4.78 is 5.29. The molecule has 0 saturated heterocycles. The van der Waals surface area contributed by atoms with Crippen molar-refractivity contribution in [1.82, 2.24) is 10.6 Å². The van der Waals surface area contributed by atoms with Crippen molar-refractivity contribution in [1.29, 1.82) is 0 Å². The summed E-state index contributed by atoms with van der Waals surface area (Å²) in [5, 5.41) is 5.45. The fourth-order valence-corrected chi connectivity index (χ4v) is 1.64. The molecule has 1 aromatic carbocycles. The Hall–Kier alpha value is -2.24. The summed E-state index contributed by atoms with van der Waals surface area (Å²) in [4.78, 5) is 22.8. The first-order chi connectivity index (χ1) is 9.65. The molecule has 1 aliphatic rings. The lowest BCUT2D eigenvalue weighted by Gasteiger charge is -2.08. The lowest BCUT2D eigenvalue weighted by molar-refractivity contribution is -0.124. The van der Waals surface area contributed by atoms with Gasteiger partial charge in [0, 0.05) is 24.7 Å². The summed E-state index contributed by atoms with van der Waals surface area (Å²) in [5.41, 5.74) is 6.19. The van der Waals surface area contributed by atoms with Gasteiger partial charge in [0.2, 0.25) is 5.91 Å². The van der Waals surface area contributed by atoms with Crippen LogP contribution in [-0.2, 0) is 9.59 Å². The van der Waals surface area contributed by atoms with E-state index in [4.69, 9.17) is 10.5 Å². The number of hydrogen-bond donors (Lipinski definition) is 3. The highest BCUT2D eigenvalue weighted by Crippen LogP contribution is 2.28. The van der Waals surface area contributed by atoms with E-state index in [9.17, 15) is 9.59 Å². The van der Waals surface area contributed by atoms with Crippen molar-refractivity contribution in [2.45, 2.75) is 12.8 Å². The maximum absolute atomic E-state index is 11.5. The molecule has 0 atom stereocenters. The van der Waals surface area contributed by atoms with E-state index >= 15 is 0 Å². The molecule has 6 heteroatoms. The van der Waals surface area contributed by atoms with Gasteiger partial charge >= 0.3 is 0 Å². The van der Waals surface area contributed by atoms with Gasteiger partial charge in [0.15, 0.2) is 6.61 Å². The maximum Gasteiger partial charge on any atom is 0.258 e. The van der Waals surface area contributed by atoms with Gasteiger partial charge in [0.25, 0.3) is 5.91 Å². The molecule has 1 saturated carbocycles. The lowest BCUT2D eigenvalue weighted by atomic mass is 10.3. The number of benzene rings is 1. The Labute approximate surface area is 117 Å². The Morgan fingerprint density at radius 2 is 1.80 bits per heavy atom. The van der Waals surface area contributed by atoms with Crippen LogP contribution in [0.1, 0.15) is 12.8 Å². The van der Waals surface area contributed by atoms with Crippen LogP contribution in [0.4, 0.5) is 5.69 Å². The molecule has 108 valence electrons. The molecule has 0 bridgehead atoms. The molecule has 0 aromatic heterocycles. The SMILES string of the molecule is Nc1ccc(OCC(=O)NCCNC(=O)C2CC2)cc1. The van der Waals surface area contributed by atoms with Gasteiger partial charge in [0.1, 0.15) is 5.75 Å². The topological polar surface area (TPSA) is 93.4 Å². The minimum absolute atomic E-state index is 0.0551. The lowest BCUT2D eigenvalue weighted by Crippen LogP contribution is -2.37. The summed E-state index contributed by atoms with van der Waals surface area (Å²) in [6.45, 7) is 0.797. The third-order valence-electron chi connectivity index (χ3n) is 2.94. The van der Waals surface area contributed by atoms with Gasteiger partial charge in [-0.3, -0.25) is 9.59 Å². The normalized spacial score (nSPS) is 13.6. The number of ether oxygens (including phenoxy) is 1. The Bertz CT molecular complexity index is 469. The zero-order valence-corrected chi connectivity index (χ0v) is 11.2. The van der Waals surface area contributed by atoms with E-state index < -0.39 is 0 Å². The summed E-state index contributed by atoms with van der Waals surface area (Å²) in [5.74, 6) is 0.649. The summed E-state index contributed by atoms with van der Waals surface area (Å²) in [6, 6.07) is 6.83. The van der Waals surface area contributed by atoms with E-state index in [0.29, 0.717) is 24.5 Å². The van der Waals surface area contributed by atoms with Gasteiger partial charge in [-0.15, -0.1) is 0 Å². The Balaban J connectivity index is 1.55. The molecule has 1 aliphatic carbocycles. The molecule has 6 nitrogen and oxygen atoms in total. The maximum atomic E-state index is 11.5. The average Bonchev–Trinajstić information content (AvgIpc) is 3.27. The molecule has 20 heavy (non-hydrogen) atoms. The van der Waals surface area contributed by atoms with Crippen LogP contribution in [0.25, 0.3) is 0 Å². The third kappa shape index (κ3) is 4.79. The molecular formula is C14H19N3O3. The van der Waals surface area contributed by atoms with Crippen molar-refractivity contribution < 1.29 is 14.3 Å². The Kier molecular flexibility index (Phi) is 4.81. The molecule has 0 spiro atoms. The average molecular weight is 277 g/mol. The van der Waals surface area contributed by atoms with Gasteiger partial charge in [-0.05, 0) is 37.1 Å². The van der Waals surface area contributed by atoms with E-state index in [1.807, 2.05) is 0 Å². The number of anilines is 1. The van der Waals surface area contributed by atoms with Crippen molar-refractivity contribution in [2.75, 3.05) is 25.4 Å². The second kappa shape index (κ2) is 6.79. The highest BCUT2D eigenvalue weighted by Gasteiger charge is 2.28. The fraction of sp³-hybridized carbons (Fsp3) is 0.429. The Morgan fingerprint density at radius 1 is 1.15 bits per heavy atom. The first-order valence-electron chi connectivity index (χ1n) is 6.68. The van der Waals surface area contributed by atoms with E-state index in [2.05, 4.69) is 10.6 Å². The molecule has 2 amide bonds. The third-order valence-corrected chi connectivity index (χ3v) is 2.94. The summed E-state index contributed by atoms with van der Waals surface area (Å²) in [6.07, 6.45) is 1.96. The van der Waals surface area contributed by atoms with E-state index in [-0.39, 0.29) is 24.3 Å². The molecular weight excluding hydrogens is 258 g/mol. The zero-order chi connectivity index (χ0) is 14.4. The van der Waals surface area contributed by atoms with Gasteiger partial charge in [-0.25, -0.2) is 0 Å². The summed E-state index contributed by atoms with van der Waals surface area (Å²) >= 11 is 0. The second-order valence-corrected chi connectivity index (χ2v) is 4.77. The van der Waals surface area contributed by atoms with Gasteiger partial charge in [-0.2, -0.15) is 0 Å². The Morgan fingerprint density at radius 3 is 2.45 bits per heavy atom. The second-order valence-electron chi connectivity index (χ2n) is 4.77. The molecule has 0 heterocycles. The number of nitrogen functional groups attached to an aromatic ring is 1. The molecule has 0 unspecified atom stereocenters. The van der Waals surface area contributed by atoms with Gasteiger partial charge in [0.05, 0.1) is 0 Å². The number of nitrogens with one attached hydrogen (secondary N) is 2. The highest BCUT2D eigenvalue weighted by atomic mass is 16.5. The van der Waals surface area contributed by atoms with Crippen LogP contribution < -0.4 is 21.1 Å². The van der Waals surface area contributed by atoms with Crippen LogP contribution in [0.3, 0.4) is 0 Å². The number of carbonyl (C=O) groups is 2. The largest absolute Gasteiger partial charge is 0.484 e. The first kappa shape index (κ1) is 14.2. The predicted octanol–water partition coefficient (Wildman–Crippen LogP) is 0.290. The fourth-order valence-electron chi connectivity index (χ4n) is 1.64. The van der Waals surface area contributed by atoms with Gasteiger partial charge in [-0.1, -0.05) is 0 Å². The molecule has 0 aliphatic heterocycles. The van der Waals surface area contributed by atoms with Crippen LogP contribution in [0, 0.1) is 5.92 Å². The van der Waals surface area contributed by atoms with Crippen molar-refractivity contribution in [3.05, 3.63) is 24.3 Å². The van der Waals surface area contributed by atoms with Crippen molar-refractivity contribution in [3.8, 4) is 5.75 Å². The van der Waals surface area contributed by atoms with Crippen molar-refractivity contribution in [2.24, 2.45) is 5.92 Å². The van der Waals surface area contributed by atoms with Crippen LogP contribution in [0.5, 0.6) is 5.75 Å². The highest BCUT2D eigenvalue weighted by molar-refractivity contribution is 5.81. The monoisotopic (exact) mass is 277 g/mol. The zero-order valence-electron chi connectivity index (χ0n) is 11.2. The standard InChI is InChI=1S/C14H19N3O3/c15-11-3-5-12(6-4-11)20-9-13(18)16-7-8-17-14(19)10-1-2-10/h3-6,10H,1-2,7-9,15H2,(H,16,18)(H,17,19). The number of amides is 2. The minimum atomic E-state index is -0.220. The van der Waals surface area contributed by atoms with Crippen LogP contribution in [0.2, 0.25) is 0 Å². The summed E-state index contributed by atoms with van der Waals surface area (Å²) in [7, 11) is 0. The minimum Gasteiger partial charge on any atom is -0.484 e. The quantitative estimate of drug-likeness (QED) is 0.493. The molecule has 1 aromatic rings. The van der Waals surface area contributed by atoms with E-state index in [1.54, 1.807) is 24.3 Å². The number of rotatable bonds is 7.